The third-order valence-electron chi connectivity index (χ3n) is 10.9. The van der Waals surface area contributed by atoms with Gasteiger partial charge in [0.05, 0.1) is 73.4 Å². The van der Waals surface area contributed by atoms with Crippen molar-refractivity contribution < 1.29 is 61.1 Å². The van der Waals surface area contributed by atoms with Gasteiger partial charge < -0.3 is 40.7 Å². The number of carbonyl (C=O) groups is 2. The molecule has 0 saturated heterocycles. The van der Waals surface area contributed by atoms with Crippen molar-refractivity contribution in [2.45, 2.75) is 63.1 Å². The number of aryl methyl sites for hydroxylation is 2. The minimum absolute atomic E-state index is 0. The Morgan fingerprint density at radius 3 is 1.57 bits per heavy atom. The van der Waals surface area contributed by atoms with Crippen molar-refractivity contribution >= 4 is 117 Å². The van der Waals surface area contributed by atoms with E-state index in [1.165, 1.54) is 10.5 Å². The third kappa shape index (κ3) is 22.6. The number of halogens is 13. The number of amides is 3. The van der Waals surface area contributed by atoms with Gasteiger partial charge in [-0.3, -0.25) is 15.3 Å². The molecule has 0 saturated carbocycles. The van der Waals surface area contributed by atoms with Crippen LogP contribution >= 0.6 is 82.0 Å². The Hall–Kier alpha value is -4.61. The summed E-state index contributed by atoms with van der Waals surface area (Å²) < 4.78 is 81.0. The lowest BCUT2D eigenvalue weighted by atomic mass is 10.0. The van der Waals surface area contributed by atoms with Crippen LogP contribution in [0.25, 0.3) is 11.1 Å². The normalized spacial score (nSPS) is 14.0. The number of para-hydroxylation sites is 1. The largest absolute Gasteiger partial charge is 0.417 e. The number of aromatic nitrogens is 2. The minimum Gasteiger partial charge on any atom is -0.410 e. The van der Waals surface area contributed by atoms with E-state index in [0.29, 0.717) is 60.1 Å². The molecule has 0 aliphatic carbocycles. The standard InChI is InChI=1S/C22H22Cl2F3N3O3.C14H9ClF3NO2.C14H19ClN2O2.CH2Cl2.ClH/c23-18-10-15(2-4-17(18)22(25,26)27)29-21(33)30-7-5-14(6-8-30)20-19(24)9-13(11-28-20)1-3-16(32)12-31;15-12-8-9(6-7-11(12)14(16,17)18)19-13(20)21-10-4-2-1-3-5-10;15-13-7-10(1-2-12(19)9-18)8-17-14(13)11-3-5-16-6-4-11;2-1-3;/h2,4-5,9-11,16,31-32H,1,3,6-8,12H2,(H,29,33);1-8H,(H,19,20);3,7-8,12,16,18-19H,1-2,4-6,9H2;1H2;1H/t16-;;12-;;/m1.1../s1. The molecule has 2 aliphatic rings. The van der Waals surface area contributed by atoms with Crippen LogP contribution in [0.2, 0.25) is 20.1 Å². The monoisotopic (exact) mass is 1220 g/mol. The van der Waals surface area contributed by atoms with Crippen LogP contribution in [-0.4, -0.2) is 104 Å². The van der Waals surface area contributed by atoms with Crippen LogP contribution in [0, 0.1) is 0 Å². The number of rotatable bonds is 13. The van der Waals surface area contributed by atoms with Crippen LogP contribution in [0.3, 0.4) is 0 Å². The number of aliphatic hydroxyl groups excluding tert-OH is 4. The van der Waals surface area contributed by atoms with E-state index >= 15 is 0 Å². The molecule has 0 bridgehead atoms. The molecular weight excluding hydrogens is 1170 g/mol. The Labute approximate surface area is 476 Å². The second-order valence-electron chi connectivity index (χ2n) is 16.5. The summed E-state index contributed by atoms with van der Waals surface area (Å²) >= 11 is 33.4. The highest BCUT2D eigenvalue weighted by atomic mass is 35.5. The number of pyridine rings is 2. The summed E-state index contributed by atoms with van der Waals surface area (Å²) in [5.41, 5.74) is 3.69. The van der Waals surface area contributed by atoms with Crippen LogP contribution in [0.1, 0.15) is 59.3 Å². The van der Waals surface area contributed by atoms with E-state index in [4.69, 9.17) is 84.6 Å². The number of hydrogen-bond acceptors (Lipinski definition) is 10. The Balaban J connectivity index is 0.000000308. The summed E-state index contributed by atoms with van der Waals surface area (Å²) in [4.78, 5) is 34.4. The smallest absolute Gasteiger partial charge is 0.410 e. The van der Waals surface area contributed by atoms with Gasteiger partial charge in [-0.15, -0.1) is 35.6 Å². The topological polar surface area (TPSA) is 189 Å². The van der Waals surface area contributed by atoms with Crippen molar-refractivity contribution in [3.63, 3.8) is 0 Å². The quantitative estimate of drug-likeness (QED) is 0.0441. The summed E-state index contributed by atoms with van der Waals surface area (Å²) in [5.74, 6) is 0.313. The number of benzene rings is 3. The zero-order chi connectivity index (χ0) is 56.0. The number of ether oxygens (including phenoxy) is 1. The van der Waals surface area contributed by atoms with E-state index in [1.54, 1.807) is 48.8 Å². The van der Waals surface area contributed by atoms with Crippen LogP contribution in [0.4, 0.5) is 47.3 Å². The predicted molar refractivity (Wildman–Crippen MR) is 293 cm³/mol. The van der Waals surface area contributed by atoms with E-state index < -0.39 is 57.9 Å². The summed E-state index contributed by atoms with van der Waals surface area (Å²) in [7, 11) is 0. The average Bonchev–Trinajstić information content (AvgIpc) is 3.37. The van der Waals surface area contributed by atoms with Gasteiger partial charge in [0.15, 0.2) is 0 Å². The van der Waals surface area contributed by atoms with Gasteiger partial charge in [0.2, 0.25) is 0 Å². The van der Waals surface area contributed by atoms with Crippen LogP contribution in [-0.2, 0) is 25.2 Å². The molecule has 7 N–H and O–H groups in total. The highest BCUT2D eigenvalue weighted by Gasteiger charge is 2.34. The number of aliphatic hydroxyl groups is 4. The highest BCUT2D eigenvalue weighted by Crippen LogP contribution is 2.37. The van der Waals surface area contributed by atoms with Gasteiger partial charge >= 0.3 is 24.5 Å². The van der Waals surface area contributed by atoms with Crippen LogP contribution in [0.15, 0.2) is 103 Å². The predicted octanol–water partition coefficient (Wildman–Crippen LogP) is 13.2. The average molecular weight is 1220 g/mol. The van der Waals surface area contributed by atoms with Gasteiger partial charge in [-0.1, -0.05) is 76.8 Å². The van der Waals surface area contributed by atoms with Gasteiger partial charge in [0, 0.05) is 43.4 Å². The van der Waals surface area contributed by atoms with E-state index in [-0.39, 0.29) is 48.9 Å². The van der Waals surface area contributed by atoms with Gasteiger partial charge in [-0.05, 0) is 128 Å². The summed E-state index contributed by atoms with van der Waals surface area (Å²) in [5, 5.41) is 44.9. The molecule has 7 rings (SSSR count). The lowest BCUT2D eigenvalue weighted by molar-refractivity contribution is -0.138. The van der Waals surface area contributed by atoms with Gasteiger partial charge in [-0.2, -0.15) is 26.3 Å². The Bertz CT molecular complexity index is 2750. The molecule has 3 amide bonds. The molecular formula is C51H53Cl7F6N6O7. The molecule has 2 aromatic heterocycles. The van der Waals surface area contributed by atoms with Crippen LogP contribution in [0.5, 0.6) is 5.75 Å². The second kappa shape index (κ2) is 33.1. The third-order valence-corrected chi connectivity index (χ3v) is 12.1. The molecule has 4 heterocycles. The summed E-state index contributed by atoms with van der Waals surface area (Å²) in [6, 6.07) is 17.4. The number of anilines is 2. The Morgan fingerprint density at radius 2 is 1.17 bits per heavy atom. The van der Waals surface area contributed by atoms with E-state index in [1.807, 2.05) is 12.1 Å². The Kier molecular flexibility index (Phi) is 28.7. The van der Waals surface area contributed by atoms with Crippen LogP contribution < -0.4 is 20.7 Å². The van der Waals surface area contributed by atoms with Crippen molar-refractivity contribution in [3.05, 3.63) is 157 Å². The molecule has 5 aromatic rings. The Morgan fingerprint density at radius 1 is 0.688 bits per heavy atom. The van der Waals surface area contributed by atoms with Crippen molar-refractivity contribution in [1.82, 2.24) is 20.2 Å². The highest BCUT2D eigenvalue weighted by molar-refractivity contribution is 6.40. The lowest BCUT2D eigenvalue weighted by Gasteiger charge is -2.27. The number of nitrogens with zero attached hydrogens (tertiary/aromatic N) is 3. The number of alkyl halides is 8. The van der Waals surface area contributed by atoms with Crippen molar-refractivity contribution in [1.29, 1.82) is 0 Å². The fourth-order valence-electron chi connectivity index (χ4n) is 7.04. The first-order valence-electron chi connectivity index (χ1n) is 23.0. The summed E-state index contributed by atoms with van der Waals surface area (Å²) in [6.07, 6.45) is -0.459. The molecule has 26 heteroatoms. The second-order valence-corrected chi connectivity index (χ2v) is 18.9. The zero-order valence-electron chi connectivity index (χ0n) is 40.5. The molecule has 2 aliphatic heterocycles. The molecule has 2 atom stereocenters. The maximum absolute atomic E-state index is 12.8. The molecule has 77 heavy (non-hydrogen) atoms. The molecule has 0 fully saturated rings. The fourth-order valence-corrected chi connectivity index (χ4v) is 8.24. The summed E-state index contributed by atoms with van der Waals surface area (Å²) in [6.45, 7) is 1.94. The maximum Gasteiger partial charge on any atom is 0.417 e. The molecule has 0 radical (unpaired) electrons. The first-order chi connectivity index (χ1) is 36.1. The molecule has 0 unspecified atom stereocenters. The van der Waals surface area contributed by atoms with E-state index in [9.17, 15) is 46.1 Å². The number of carbonyl (C=O) groups excluding carboxylic acids is 2. The number of urea groups is 1. The number of nitrogens with one attached hydrogen (secondary N) is 3. The first-order valence-corrected chi connectivity index (χ1v) is 25.6. The van der Waals surface area contributed by atoms with E-state index in [2.05, 4.69) is 32.0 Å². The molecule has 13 nitrogen and oxygen atoms in total. The fraction of sp³-hybridized carbons (Fsp3) is 0.333. The maximum atomic E-state index is 12.8. The van der Waals surface area contributed by atoms with Gasteiger partial charge in [0.1, 0.15) is 5.75 Å². The molecule has 420 valence electrons. The zero-order valence-corrected chi connectivity index (χ0v) is 45.8. The SMILES string of the molecule is Cl.ClCCl.O=C(Nc1ccc(C(F)(F)F)c(Cl)c1)N1CC=C(c2ncc(CC[C@@H](O)CO)cc2Cl)CC1.O=C(Nc1ccc(C(F)(F)F)c(Cl)c1)Oc1ccccc1.OC[C@H](O)CCc1cnc(C2=CCNCC2)c(Cl)c1. The van der Waals surface area contributed by atoms with Crippen molar-refractivity contribution in [2.24, 2.45) is 0 Å². The lowest BCUT2D eigenvalue weighted by Crippen LogP contribution is -2.38. The molecule has 0 spiro atoms. The number of hydrogen-bond donors (Lipinski definition) is 7. The minimum atomic E-state index is -4.57. The van der Waals surface area contributed by atoms with E-state index in [0.717, 1.165) is 78.3 Å². The van der Waals surface area contributed by atoms with Gasteiger partial charge in [-0.25, -0.2) is 9.59 Å². The van der Waals surface area contributed by atoms with Crippen molar-refractivity contribution in [2.75, 3.05) is 55.4 Å². The first kappa shape index (κ1) is 66.7. The van der Waals surface area contributed by atoms with Crippen molar-refractivity contribution in [3.8, 4) is 5.75 Å². The van der Waals surface area contributed by atoms with Gasteiger partial charge in [0.25, 0.3) is 0 Å². The molecule has 3 aromatic carbocycles.